The molecule has 0 aromatic carbocycles. The van der Waals surface area contributed by atoms with Gasteiger partial charge in [0.15, 0.2) is 0 Å². The van der Waals surface area contributed by atoms with E-state index in [-0.39, 0.29) is 0 Å². The molecule has 114 valence electrons. The van der Waals surface area contributed by atoms with Gasteiger partial charge in [0.05, 0.1) is 6.54 Å². The highest BCUT2D eigenvalue weighted by atomic mass is 16.3. The lowest BCUT2D eigenvalue weighted by Crippen LogP contribution is -2.34. The lowest BCUT2D eigenvalue weighted by molar-refractivity contribution is 0.243. The Morgan fingerprint density at radius 1 is 1.40 bits per heavy atom. The molecule has 1 aromatic heterocycles. The van der Waals surface area contributed by atoms with Crippen LogP contribution in [0.5, 0.6) is 0 Å². The number of furan rings is 1. The van der Waals surface area contributed by atoms with E-state index < -0.39 is 0 Å². The molecule has 4 heteroatoms. The molecule has 0 saturated carbocycles. The minimum Gasteiger partial charge on any atom is -0.465 e. The van der Waals surface area contributed by atoms with Gasteiger partial charge in [0, 0.05) is 31.2 Å². The number of nitrogens with zero attached hydrogens (tertiary/aromatic N) is 2. The first-order chi connectivity index (χ1) is 9.51. The van der Waals surface area contributed by atoms with Crippen molar-refractivity contribution in [3.05, 3.63) is 23.2 Å². The van der Waals surface area contributed by atoms with Crippen LogP contribution in [0.25, 0.3) is 0 Å². The van der Waals surface area contributed by atoms with Crippen molar-refractivity contribution < 1.29 is 4.42 Å². The molecule has 1 fully saturated rings. The van der Waals surface area contributed by atoms with E-state index in [2.05, 4.69) is 56.0 Å². The lowest BCUT2D eigenvalue weighted by Gasteiger charge is -2.22. The zero-order valence-corrected chi connectivity index (χ0v) is 13.6. The van der Waals surface area contributed by atoms with E-state index in [1.54, 1.807) is 0 Å². The molecule has 4 nitrogen and oxygen atoms in total. The van der Waals surface area contributed by atoms with Crippen LogP contribution in [0.4, 0.5) is 0 Å². The molecule has 0 spiro atoms. The topological polar surface area (TPSA) is 31.6 Å². The minimum absolute atomic E-state index is 0.660. The Kier molecular flexibility index (Phi) is 5.24. The first kappa shape index (κ1) is 15.5. The van der Waals surface area contributed by atoms with Crippen molar-refractivity contribution in [2.24, 2.45) is 5.92 Å². The SMILES string of the molecule is CCNCc1cc(CN2CC(C)C(N(C)C)C2)oc1C. The summed E-state index contributed by atoms with van der Waals surface area (Å²) in [6.45, 7) is 11.7. The molecule has 1 saturated heterocycles. The molecule has 1 aliphatic rings. The van der Waals surface area contributed by atoms with Gasteiger partial charge in [-0.3, -0.25) is 4.90 Å². The van der Waals surface area contributed by atoms with Crippen LogP contribution < -0.4 is 5.32 Å². The number of hydrogen-bond acceptors (Lipinski definition) is 4. The minimum atomic E-state index is 0.660. The molecule has 20 heavy (non-hydrogen) atoms. The van der Waals surface area contributed by atoms with Gasteiger partial charge in [0.1, 0.15) is 11.5 Å². The van der Waals surface area contributed by atoms with E-state index in [9.17, 15) is 0 Å². The van der Waals surface area contributed by atoms with Crippen molar-refractivity contribution in [2.75, 3.05) is 33.7 Å². The summed E-state index contributed by atoms with van der Waals surface area (Å²) in [5.74, 6) is 2.88. The van der Waals surface area contributed by atoms with Gasteiger partial charge in [0.2, 0.25) is 0 Å². The van der Waals surface area contributed by atoms with Crippen LogP contribution in [0.3, 0.4) is 0 Å². The van der Waals surface area contributed by atoms with Crippen molar-refractivity contribution in [1.82, 2.24) is 15.1 Å². The third kappa shape index (κ3) is 3.62. The maximum Gasteiger partial charge on any atom is 0.118 e. The Hall–Kier alpha value is -0.840. The second kappa shape index (κ2) is 6.74. The van der Waals surface area contributed by atoms with Crippen LogP contribution in [0.1, 0.15) is 30.9 Å². The summed E-state index contributed by atoms with van der Waals surface area (Å²) < 4.78 is 5.91. The average molecular weight is 279 g/mol. The molecule has 0 bridgehead atoms. The van der Waals surface area contributed by atoms with E-state index in [0.29, 0.717) is 6.04 Å². The fourth-order valence-electron chi connectivity index (χ4n) is 3.17. The van der Waals surface area contributed by atoms with Crippen molar-refractivity contribution in [2.45, 2.75) is 39.9 Å². The highest BCUT2D eigenvalue weighted by molar-refractivity contribution is 5.20. The Bertz CT molecular complexity index is 427. The number of aryl methyl sites for hydroxylation is 1. The highest BCUT2D eigenvalue weighted by Gasteiger charge is 2.31. The Morgan fingerprint density at radius 2 is 2.15 bits per heavy atom. The molecular formula is C16H29N3O. The first-order valence-corrected chi connectivity index (χ1v) is 7.69. The van der Waals surface area contributed by atoms with Gasteiger partial charge in [-0.25, -0.2) is 0 Å². The van der Waals surface area contributed by atoms with E-state index in [1.165, 1.54) is 5.56 Å². The first-order valence-electron chi connectivity index (χ1n) is 7.69. The van der Waals surface area contributed by atoms with Crippen molar-refractivity contribution >= 4 is 0 Å². The number of nitrogens with one attached hydrogen (secondary N) is 1. The van der Waals surface area contributed by atoms with Crippen LogP contribution in [0.2, 0.25) is 0 Å². The third-order valence-electron chi connectivity index (χ3n) is 4.33. The number of likely N-dealkylation sites (tertiary alicyclic amines) is 1. The quantitative estimate of drug-likeness (QED) is 0.864. The predicted octanol–water partition coefficient (Wildman–Crippen LogP) is 2.08. The van der Waals surface area contributed by atoms with Gasteiger partial charge in [0.25, 0.3) is 0 Å². The number of rotatable bonds is 6. The monoisotopic (exact) mass is 279 g/mol. The maximum absolute atomic E-state index is 5.91. The largest absolute Gasteiger partial charge is 0.465 e. The second-order valence-electron chi connectivity index (χ2n) is 6.28. The normalized spacial score (nSPS) is 23.9. The zero-order valence-electron chi connectivity index (χ0n) is 13.6. The van der Waals surface area contributed by atoms with Crippen molar-refractivity contribution in [1.29, 1.82) is 0 Å². The van der Waals surface area contributed by atoms with Crippen LogP contribution in [0, 0.1) is 12.8 Å². The summed E-state index contributed by atoms with van der Waals surface area (Å²) in [4.78, 5) is 4.85. The second-order valence-corrected chi connectivity index (χ2v) is 6.28. The summed E-state index contributed by atoms with van der Waals surface area (Å²) in [6.07, 6.45) is 0. The lowest BCUT2D eigenvalue weighted by atomic mass is 10.1. The predicted molar refractivity (Wildman–Crippen MR) is 82.7 cm³/mol. The molecule has 2 atom stereocenters. The molecule has 2 heterocycles. The van der Waals surface area contributed by atoms with Gasteiger partial charge in [-0.2, -0.15) is 0 Å². The van der Waals surface area contributed by atoms with E-state index in [0.717, 1.165) is 50.2 Å². The summed E-state index contributed by atoms with van der Waals surface area (Å²) in [5.41, 5.74) is 1.29. The number of hydrogen-bond donors (Lipinski definition) is 1. The van der Waals surface area contributed by atoms with Gasteiger partial charge in [-0.1, -0.05) is 13.8 Å². The van der Waals surface area contributed by atoms with Crippen molar-refractivity contribution in [3.8, 4) is 0 Å². The standard InChI is InChI=1S/C16H29N3O/c1-6-17-8-14-7-15(20-13(14)3)10-19-9-12(2)16(11-19)18(4)5/h7,12,16-17H,6,8-11H2,1-5H3. The van der Waals surface area contributed by atoms with E-state index >= 15 is 0 Å². The summed E-state index contributed by atoms with van der Waals surface area (Å²) >= 11 is 0. The van der Waals surface area contributed by atoms with Crippen LogP contribution in [-0.2, 0) is 13.1 Å². The molecule has 0 aliphatic carbocycles. The molecule has 0 amide bonds. The van der Waals surface area contributed by atoms with Crippen LogP contribution in [-0.4, -0.2) is 49.6 Å². The van der Waals surface area contributed by atoms with E-state index in [4.69, 9.17) is 4.42 Å². The summed E-state index contributed by atoms with van der Waals surface area (Å²) in [6, 6.07) is 2.87. The fraction of sp³-hybridized carbons (Fsp3) is 0.750. The zero-order chi connectivity index (χ0) is 14.7. The van der Waals surface area contributed by atoms with Gasteiger partial charge in [-0.05, 0) is 39.5 Å². The van der Waals surface area contributed by atoms with Crippen molar-refractivity contribution in [3.63, 3.8) is 0 Å². The molecule has 1 aromatic rings. The smallest absolute Gasteiger partial charge is 0.118 e. The molecule has 2 unspecified atom stereocenters. The van der Waals surface area contributed by atoms with Gasteiger partial charge in [-0.15, -0.1) is 0 Å². The van der Waals surface area contributed by atoms with Crippen LogP contribution in [0.15, 0.2) is 10.5 Å². The third-order valence-corrected chi connectivity index (χ3v) is 4.33. The van der Waals surface area contributed by atoms with Crippen LogP contribution >= 0.6 is 0 Å². The molecule has 1 N–H and O–H groups in total. The fourth-order valence-corrected chi connectivity index (χ4v) is 3.17. The van der Waals surface area contributed by atoms with Gasteiger partial charge < -0.3 is 14.6 Å². The Morgan fingerprint density at radius 3 is 2.75 bits per heavy atom. The summed E-state index contributed by atoms with van der Waals surface area (Å²) in [7, 11) is 4.35. The molecule has 1 aliphatic heterocycles. The molecular weight excluding hydrogens is 250 g/mol. The molecule has 0 radical (unpaired) electrons. The van der Waals surface area contributed by atoms with Gasteiger partial charge >= 0.3 is 0 Å². The van der Waals surface area contributed by atoms with E-state index in [1.807, 2.05) is 0 Å². The summed E-state index contributed by atoms with van der Waals surface area (Å²) in [5, 5.41) is 3.36. The Balaban J connectivity index is 1.94. The average Bonchev–Trinajstić information content (AvgIpc) is 2.90. The Labute approximate surface area is 123 Å². The highest BCUT2D eigenvalue weighted by Crippen LogP contribution is 2.23. The number of likely N-dealkylation sites (N-methyl/N-ethyl adjacent to an activating group) is 1. The molecule has 2 rings (SSSR count). The maximum atomic E-state index is 5.91.